The van der Waals surface area contributed by atoms with Gasteiger partial charge in [-0.25, -0.2) is 9.97 Å². The van der Waals surface area contributed by atoms with Crippen LogP contribution in [-0.2, 0) is 5.41 Å². The van der Waals surface area contributed by atoms with Crippen molar-refractivity contribution in [3.05, 3.63) is 72.3 Å². The fraction of sp³-hybridized carbons (Fsp3) is 0.158. The van der Waals surface area contributed by atoms with Gasteiger partial charge in [-0.3, -0.25) is 0 Å². The van der Waals surface area contributed by atoms with E-state index in [1.807, 2.05) is 0 Å². The molecule has 0 aliphatic heterocycles. The van der Waals surface area contributed by atoms with Gasteiger partial charge in [0.2, 0.25) is 0 Å². The summed E-state index contributed by atoms with van der Waals surface area (Å²) in [5, 5.41) is 3.46. The number of hydrogen-bond donors (Lipinski definition) is 1. The van der Waals surface area contributed by atoms with Crippen LogP contribution in [0.25, 0.3) is 11.1 Å². The normalized spacial score (nSPS) is 14.3. The standard InChI is InChI=1S/C19H17N3/c1-19(2)15-7-4-3-6-14(15)18-16(19)8-5-9-17(18)22-13-10-20-12-21-11-13/h3-12,22H,1-2H3. The quantitative estimate of drug-likeness (QED) is 0.752. The molecule has 3 heteroatoms. The molecule has 0 saturated heterocycles. The van der Waals surface area contributed by atoms with Crippen molar-refractivity contribution in [2.45, 2.75) is 19.3 Å². The number of nitrogens with one attached hydrogen (secondary N) is 1. The van der Waals surface area contributed by atoms with E-state index in [4.69, 9.17) is 0 Å². The fourth-order valence-corrected chi connectivity index (χ4v) is 3.38. The van der Waals surface area contributed by atoms with Gasteiger partial charge < -0.3 is 5.32 Å². The average molecular weight is 287 g/mol. The van der Waals surface area contributed by atoms with E-state index >= 15 is 0 Å². The highest BCUT2D eigenvalue weighted by molar-refractivity contribution is 5.90. The lowest BCUT2D eigenvalue weighted by atomic mass is 9.82. The molecule has 3 nitrogen and oxygen atoms in total. The van der Waals surface area contributed by atoms with Crippen molar-refractivity contribution in [2.75, 3.05) is 5.32 Å². The summed E-state index contributed by atoms with van der Waals surface area (Å²) in [5.74, 6) is 0. The van der Waals surface area contributed by atoms with Gasteiger partial charge in [-0.2, -0.15) is 0 Å². The highest BCUT2D eigenvalue weighted by Crippen LogP contribution is 2.51. The summed E-state index contributed by atoms with van der Waals surface area (Å²) in [4.78, 5) is 8.15. The minimum atomic E-state index is 0.0246. The van der Waals surface area contributed by atoms with Crippen LogP contribution in [0.4, 0.5) is 11.4 Å². The van der Waals surface area contributed by atoms with Gasteiger partial charge in [0, 0.05) is 16.7 Å². The molecule has 0 unspecified atom stereocenters. The predicted molar refractivity (Wildman–Crippen MR) is 89.3 cm³/mol. The van der Waals surface area contributed by atoms with Crippen LogP contribution in [0.2, 0.25) is 0 Å². The molecule has 0 radical (unpaired) electrons. The molecule has 0 bridgehead atoms. The molecular formula is C19H17N3. The molecule has 1 aliphatic carbocycles. The second kappa shape index (κ2) is 4.67. The maximum atomic E-state index is 4.07. The van der Waals surface area contributed by atoms with E-state index in [1.165, 1.54) is 22.3 Å². The predicted octanol–water partition coefficient (Wildman–Crippen LogP) is 4.53. The van der Waals surface area contributed by atoms with E-state index in [9.17, 15) is 0 Å². The smallest absolute Gasteiger partial charge is 0.115 e. The number of aromatic nitrogens is 2. The molecule has 1 N–H and O–H groups in total. The molecule has 22 heavy (non-hydrogen) atoms. The second-order valence-electron chi connectivity index (χ2n) is 6.15. The molecule has 0 spiro atoms. The Balaban J connectivity index is 1.91. The number of nitrogens with zero attached hydrogens (tertiary/aromatic N) is 2. The SMILES string of the molecule is CC1(C)c2ccccc2-c2c(Nc3cncnc3)cccc21. The van der Waals surface area contributed by atoms with Crippen molar-refractivity contribution >= 4 is 11.4 Å². The molecule has 0 atom stereocenters. The Morgan fingerprint density at radius 3 is 2.41 bits per heavy atom. The minimum Gasteiger partial charge on any atom is -0.352 e. The van der Waals surface area contributed by atoms with Gasteiger partial charge in [-0.15, -0.1) is 0 Å². The molecule has 0 amide bonds. The number of anilines is 2. The lowest BCUT2D eigenvalue weighted by Crippen LogP contribution is -2.14. The molecular weight excluding hydrogens is 270 g/mol. The number of fused-ring (bicyclic) bond motifs is 3. The van der Waals surface area contributed by atoms with Crippen molar-refractivity contribution in [1.82, 2.24) is 9.97 Å². The zero-order chi connectivity index (χ0) is 15.2. The highest BCUT2D eigenvalue weighted by atomic mass is 14.9. The number of hydrogen-bond acceptors (Lipinski definition) is 3. The van der Waals surface area contributed by atoms with Gasteiger partial charge in [0.25, 0.3) is 0 Å². The van der Waals surface area contributed by atoms with Crippen LogP contribution in [0.5, 0.6) is 0 Å². The van der Waals surface area contributed by atoms with Gasteiger partial charge >= 0.3 is 0 Å². The Labute approximate surface area is 130 Å². The summed E-state index contributed by atoms with van der Waals surface area (Å²) in [6, 6.07) is 15.1. The van der Waals surface area contributed by atoms with E-state index in [1.54, 1.807) is 18.7 Å². The lowest BCUT2D eigenvalue weighted by molar-refractivity contribution is 0.660. The van der Waals surface area contributed by atoms with Gasteiger partial charge in [0.1, 0.15) is 6.33 Å². The first-order valence-corrected chi connectivity index (χ1v) is 7.43. The average Bonchev–Trinajstić information content (AvgIpc) is 2.78. The van der Waals surface area contributed by atoms with Gasteiger partial charge in [-0.05, 0) is 22.8 Å². The molecule has 1 aliphatic rings. The number of benzene rings is 2. The summed E-state index contributed by atoms with van der Waals surface area (Å²) in [5.41, 5.74) is 7.36. The zero-order valence-electron chi connectivity index (χ0n) is 12.7. The van der Waals surface area contributed by atoms with Gasteiger partial charge in [0.05, 0.1) is 18.1 Å². The van der Waals surface area contributed by atoms with Crippen LogP contribution in [0.15, 0.2) is 61.2 Å². The molecule has 1 heterocycles. The number of rotatable bonds is 2. The maximum Gasteiger partial charge on any atom is 0.115 e. The Morgan fingerprint density at radius 2 is 1.59 bits per heavy atom. The van der Waals surface area contributed by atoms with Gasteiger partial charge in [0.15, 0.2) is 0 Å². The van der Waals surface area contributed by atoms with E-state index in [-0.39, 0.29) is 5.41 Å². The fourth-order valence-electron chi connectivity index (χ4n) is 3.38. The lowest BCUT2D eigenvalue weighted by Gasteiger charge is -2.21. The zero-order valence-corrected chi connectivity index (χ0v) is 12.7. The topological polar surface area (TPSA) is 37.8 Å². The van der Waals surface area contributed by atoms with Crippen LogP contribution in [-0.4, -0.2) is 9.97 Å². The maximum absolute atomic E-state index is 4.07. The molecule has 0 fully saturated rings. The Bertz CT molecular complexity index is 838. The highest BCUT2D eigenvalue weighted by Gasteiger charge is 2.36. The van der Waals surface area contributed by atoms with Crippen molar-refractivity contribution in [2.24, 2.45) is 0 Å². The van der Waals surface area contributed by atoms with E-state index in [2.05, 4.69) is 71.6 Å². The van der Waals surface area contributed by atoms with Crippen LogP contribution in [0, 0.1) is 0 Å². The van der Waals surface area contributed by atoms with Crippen LogP contribution < -0.4 is 5.32 Å². The third-order valence-corrected chi connectivity index (χ3v) is 4.45. The molecule has 2 aromatic carbocycles. The largest absolute Gasteiger partial charge is 0.352 e. The molecule has 3 aromatic rings. The van der Waals surface area contributed by atoms with Crippen molar-refractivity contribution in [3.63, 3.8) is 0 Å². The van der Waals surface area contributed by atoms with Crippen molar-refractivity contribution in [1.29, 1.82) is 0 Å². The molecule has 4 rings (SSSR count). The summed E-state index contributed by atoms with van der Waals surface area (Å²) < 4.78 is 0. The summed E-state index contributed by atoms with van der Waals surface area (Å²) in [7, 11) is 0. The van der Waals surface area contributed by atoms with Crippen molar-refractivity contribution < 1.29 is 0 Å². The Morgan fingerprint density at radius 1 is 0.864 bits per heavy atom. The Hall–Kier alpha value is -2.68. The van der Waals surface area contributed by atoms with Crippen LogP contribution in [0.3, 0.4) is 0 Å². The third-order valence-electron chi connectivity index (χ3n) is 4.45. The second-order valence-corrected chi connectivity index (χ2v) is 6.15. The van der Waals surface area contributed by atoms with Gasteiger partial charge in [-0.1, -0.05) is 50.2 Å². The summed E-state index contributed by atoms with van der Waals surface area (Å²) in [6.07, 6.45) is 5.12. The first-order valence-electron chi connectivity index (χ1n) is 7.43. The van der Waals surface area contributed by atoms with Crippen molar-refractivity contribution in [3.8, 4) is 11.1 Å². The first-order chi connectivity index (χ1) is 10.7. The summed E-state index contributed by atoms with van der Waals surface area (Å²) in [6.45, 7) is 4.57. The Kier molecular flexibility index (Phi) is 2.76. The van der Waals surface area contributed by atoms with E-state index in [0.29, 0.717) is 0 Å². The molecule has 0 saturated carbocycles. The third kappa shape index (κ3) is 1.82. The van der Waals surface area contributed by atoms with E-state index < -0.39 is 0 Å². The van der Waals surface area contributed by atoms with E-state index in [0.717, 1.165) is 11.4 Å². The van der Waals surface area contributed by atoms with Crippen LogP contribution >= 0.6 is 0 Å². The minimum absolute atomic E-state index is 0.0246. The monoisotopic (exact) mass is 287 g/mol. The molecule has 1 aromatic heterocycles. The summed E-state index contributed by atoms with van der Waals surface area (Å²) >= 11 is 0. The van der Waals surface area contributed by atoms with Crippen LogP contribution in [0.1, 0.15) is 25.0 Å². The molecule has 108 valence electrons. The first kappa shape index (κ1) is 13.0.